The molecule has 1 N–H and O–H groups in total. The van der Waals surface area contributed by atoms with Crippen molar-refractivity contribution in [2.75, 3.05) is 6.54 Å². The van der Waals surface area contributed by atoms with E-state index in [1.807, 2.05) is 18.2 Å². The fourth-order valence-corrected chi connectivity index (χ4v) is 9.42. The summed E-state index contributed by atoms with van der Waals surface area (Å²) < 4.78 is 72.0. The molecule has 0 aromatic heterocycles. The lowest BCUT2D eigenvalue weighted by Gasteiger charge is -2.56. The Kier molecular flexibility index (Phi) is 6.97. The summed E-state index contributed by atoms with van der Waals surface area (Å²) in [7, 11) is 0. The van der Waals surface area contributed by atoms with Gasteiger partial charge < -0.3 is 10.0 Å². The van der Waals surface area contributed by atoms with Crippen LogP contribution in [0.3, 0.4) is 0 Å². The highest BCUT2D eigenvalue weighted by Crippen LogP contribution is 2.70. The molecule has 0 radical (unpaired) electrons. The molecule has 2 unspecified atom stereocenters. The Bertz CT molecular complexity index is 1630. The van der Waals surface area contributed by atoms with Gasteiger partial charge in [0.2, 0.25) is 0 Å². The van der Waals surface area contributed by atoms with Crippen LogP contribution >= 0.6 is 0 Å². The number of aliphatic hydroxyl groups is 1. The molecule has 7 rings (SSSR count). The maximum absolute atomic E-state index is 15.2. The summed E-state index contributed by atoms with van der Waals surface area (Å²) in [6.07, 6.45) is -2.23. The summed E-state index contributed by atoms with van der Waals surface area (Å²) >= 11 is 0. The van der Waals surface area contributed by atoms with Gasteiger partial charge in [-0.2, -0.15) is 22.0 Å². The number of carbonyl (C=O) groups excluding carboxylic acids is 2. The van der Waals surface area contributed by atoms with E-state index in [-0.39, 0.29) is 30.4 Å². The molecule has 2 aromatic rings. The van der Waals surface area contributed by atoms with E-state index in [0.717, 1.165) is 28.7 Å². The molecular weight excluding hydrogens is 589 g/mol. The molecule has 5 atom stereocenters. The largest absolute Gasteiger partial charge is 0.456 e. The number of halogens is 5. The van der Waals surface area contributed by atoms with Crippen LogP contribution in [0.1, 0.15) is 84.8 Å². The normalized spacial score (nSPS) is 31.5. The molecule has 1 heterocycles. The van der Waals surface area contributed by atoms with Crippen molar-refractivity contribution in [1.82, 2.24) is 4.90 Å². The monoisotopic (exact) mass is 625 g/mol. The summed E-state index contributed by atoms with van der Waals surface area (Å²) in [5.74, 6) is -6.76. The van der Waals surface area contributed by atoms with Gasteiger partial charge in [0, 0.05) is 36.4 Å². The molecule has 2 saturated carbocycles. The van der Waals surface area contributed by atoms with Crippen molar-refractivity contribution < 1.29 is 36.6 Å². The molecule has 238 valence electrons. The zero-order valence-corrected chi connectivity index (χ0v) is 25.1. The third-order valence-corrected chi connectivity index (χ3v) is 11.7. The molecule has 4 aliphatic carbocycles. The van der Waals surface area contributed by atoms with Crippen molar-refractivity contribution >= 4 is 11.7 Å². The van der Waals surface area contributed by atoms with Crippen molar-refractivity contribution in [2.24, 2.45) is 17.3 Å². The number of carbonyl (C=O) groups is 2. The van der Waals surface area contributed by atoms with E-state index in [4.69, 9.17) is 0 Å². The number of allylic oxidation sites excluding steroid dienone is 4. The van der Waals surface area contributed by atoms with E-state index < -0.39 is 41.4 Å². The second-order valence-corrected chi connectivity index (χ2v) is 13.8. The fraction of sp³-hybridized carbons (Fsp3) is 0.500. The number of hydrogen-bond donors (Lipinski definition) is 1. The van der Waals surface area contributed by atoms with Gasteiger partial charge in [0.15, 0.2) is 5.78 Å². The predicted octanol–water partition coefficient (Wildman–Crippen LogP) is 7.71. The first kappa shape index (κ1) is 30.3. The predicted molar refractivity (Wildman–Crippen MR) is 158 cm³/mol. The second kappa shape index (κ2) is 10.3. The third-order valence-electron chi connectivity index (χ3n) is 11.7. The lowest BCUT2D eigenvalue weighted by atomic mass is 9.50. The fourth-order valence-electron chi connectivity index (χ4n) is 9.42. The molecule has 5 aliphatic rings. The maximum atomic E-state index is 15.2. The van der Waals surface area contributed by atoms with Gasteiger partial charge in [-0.05, 0) is 103 Å². The van der Waals surface area contributed by atoms with Crippen LogP contribution < -0.4 is 0 Å². The van der Waals surface area contributed by atoms with E-state index in [2.05, 4.69) is 6.07 Å². The highest BCUT2D eigenvalue weighted by molar-refractivity contribution is 5.94. The van der Waals surface area contributed by atoms with Crippen molar-refractivity contribution in [3.63, 3.8) is 0 Å². The van der Waals surface area contributed by atoms with Crippen LogP contribution in [-0.4, -0.2) is 45.9 Å². The van der Waals surface area contributed by atoms with E-state index in [1.165, 1.54) is 12.5 Å². The lowest BCUT2D eigenvalue weighted by Crippen LogP contribution is -2.65. The number of ketones is 1. The zero-order chi connectivity index (χ0) is 31.9. The molecule has 1 amide bonds. The molecule has 2 aromatic carbocycles. The molecule has 9 heteroatoms. The number of amides is 1. The van der Waals surface area contributed by atoms with Crippen LogP contribution in [0.25, 0.3) is 0 Å². The molecule has 0 spiro atoms. The van der Waals surface area contributed by atoms with E-state index in [9.17, 15) is 27.9 Å². The number of fused-ring (bicyclic) bond motifs is 5. The maximum Gasteiger partial charge on any atom is 0.456 e. The van der Waals surface area contributed by atoms with Crippen molar-refractivity contribution in [3.8, 4) is 0 Å². The van der Waals surface area contributed by atoms with E-state index in [0.29, 0.717) is 49.9 Å². The first-order chi connectivity index (χ1) is 21.2. The minimum absolute atomic E-state index is 0.0354. The Morgan fingerprint density at radius 1 is 0.933 bits per heavy atom. The highest BCUT2D eigenvalue weighted by atomic mass is 19.4. The zero-order valence-electron chi connectivity index (χ0n) is 25.1. The van der Waals surface area contributed by atoms with Gasteiger partial charge in [0.25, 0.3) is 5.91 Å². The highest BCUT2D eigenvalue weighted by Gasteiger charge is 2.79. The van der Waals surface area contributed by atoms with Crippen molar-refractivity contribution in [2.45, 2.75) is 88.5 Å². The number of hydrogen-bond acceptors (Lipinski definition) is 3. The SMILES string of the molecule is CC12C[C@H](c3ccc(C(=O)N4CCc5ccccc5C4)cc3)C3=C4CCC(=O)C=C4CCC3[C@@H]1CC[C@@]2(O)C(F)(F)C(F)(F)F. The number of alkyl halides is 5. The Morgan fingerprint density at radius 2 is 1.64 bits per heavy atom. The Labute approximate surface area is 259 Å². The van der Waals surface area contributed by atoms with Gasteiger partial charge in [0.1, 0.15) is 5.60 Å². The third kappa shape index (κ3) is 4.47. The first-order valence-electron chi connectivity index (χ1n) is 15.8. The minimum atomic E-state index is -5.89. The molecular formula is C36H36F5NO3. The van der Waals surface area contributed by atoms with Crippen LogP contribution in [0.15, 0.2) is 71.3 Å². The van der Waals surface area contributed by atoms with E-state index in [1.54, 1.807) is 35.2 Å². The minimum Gasteiger partial charge on any atom is -0.383 e. The molecule has 0 saturated heterocycles. The smallest absolute Gasteiger partial charge is 0.383 e. The summed E-state index contributed by atoms with van der Waals surface area (Å²) in [5.41, 5.74) is 1.49. The lowest BCUT2D eigenvalue weighted by molar-refractivity contribution is -0.362. The van der Waals surface area contributed by atoms with Gasteiger partial charge in [0.05, 0.1) is 0 Å². The van der Waals surface area contributed by atoms with E-state index >= 15 is 8.78 Å². The molecule has 0 bridgehead atoms. The number of rotatable bonds is 3. The first-order valence-corrected chi connectivity index (χ1v) is 15.8. The summed E-state index contributed by atoms with van der Waals surface area (Å²) in [4.78, 5) is 27.6. The van der Waals surface area contributed by atoms with Gasteiger partial charge in [-0.1, -0.05) is 48.9 Å². The standard InChI is InChI=1S/C36H36F5NO3/c1-33-19-29(22-6-8-23(9-7-22)32(44)42-17-15-21-4-2-3-5-25(21)20-42)31-27-13-11-26(43)18-24(27)10-12-28(31)30(33)14-16-34(33,45)35(37,38)36(39,40)41/h2-9,18,28-30,45H,10-17,19-20H2,1H3/t28?,29-,30+,33?,34+/m1/s1. The number of benzene rings is 2. The Hall–Kier alpha value is -3.33. The Balaban J connectivity index is 1.27. The average Bonchev–Trinajstić information content (AvgIpc) is 3.30. The van der Waals surface area contributed by atoms with Gasteiger partial charge in [-0.15, -0.1) is 0 Å². The topological polar surface area (TPSA) is 57.6 Å². The molecule has 45 heavy (non-hydrogen) atoms. The quantitative estimate of drug-likeness (QED) is 0.356. The second-order valence-electron chi connectivity index (χ2n) is 13.8. The van der Waals surface area contributed by atoms with Gasteiger partial charge in [-0.3, -0.25) is 9.59 Å². The van der Waals surface area contributed by atoms with Gasteiger partial charge in [-0.25, -0.2) is 0 Å². The van der Waals surface area contributed by atoms with Crippen LogP contribution in [0.5, 0.6) is 0 Å². The molecule has 1 aliphatic heterocycles. The van der Waals surface area contributed by atoms with Crippen LogP contribution in [-0.2, 0) is 17.8 Å². The van der Waals surface area contributed by atoms with Crippen LogP contribution in [0, 0.1) is 17.3 Å². The molecule has 4 nitrogen and oxygen atoms in total. The van der Waals surface area contributed by atoms with Crippen LogP contribution in [0.4, 0.5) is 22.0 Å². The average molecular weight is 626 g/mol. The number of nitrogens with zero attached hydrogens (tertiary/aromatic N) is 1. The van der Waals surface area contributed by atoms with Crippen LogP contribution in [0.2, 0.25) is 0 Å². The summed E-state index contributed by atoms with van der Waals surface area (Å²) in [6, 6.07) is 15.0. The summed E-state index contributed by atoms with van der Waals surface area (Å²) in [5, 5.41) is 11.5. The molecule has 2 fully saturated rings. The van der Waals surface area contributed by atoms with Crippen molar-refractivity contribution in [3.05, 3.63) is 93.6 Å². The van der Waals surface area contributed by atoms with Gasteiger partial charge >= 0.3 is 12.1 Å². The van der Waals surface area contributed by atoms with Crippen molar-refractivity contribution in [1.29, 1.82) is 0 Å². The summed E-state index contributed by atoms with van der Waals surface area (Å²) in [6.45, 7) is 2.50. The Morgan fingerprint density at radius 3 is 2.36 bits per heavy atom.